The van der Waals surface area contributed by atoms with Gasteiger partial charge >= 0.3 is 5.97 Å². The van der Waals surface area contributed by atoms with E-state index in [1.54, 1.807) is 22.8 Å². The molecular weight excluding hydrogens is 518 g/mol. The average molecular weight is 542 g/mol. The van der Waals surface area contributed by atoms with E-state index < -0.39 is 21.9 Å². The van der Waals surface area contributed by atoms with Gasteiger partial charge in [0, 0.05) is 31.5 Å². The Labute approximate surface area is 217 Å². The number of aromatic nitrogens is 1. The third-order valence-electron chi connectivity index (χ3n) is 5.29. The fourth-order valence-corrected chi connectivity index (χ4v) is 5.88. The number of benzene rings is 2. The van der Waals surface area contributed by atoms with Gasteiger partial charge in [0.15, 0.2) is 4.80 Å². The van der Waals surface area contributed by atoms with E-state index in [4.69, 9.17) is 20.0 Å². The van der Waals surface area contributed by atoms with Crippen molar-refractivity contribution in [1.82, 2.24) is 8.87 Å². The van der Waals surface area contributed by atoms with Gasteiger partial charge in [0.2, 0.25) is 10.0 Å². The number of methoxy groups -OCH3 is 2. The molecule has 2 aromatic carbocycles. The van der Waals surface area contributed by atoms with Crippen molar-refractivity contribution in [3.8, 4) is 17.9 Å². The van der Waals surface area contributed by atoms with E-state index in [1.807, 2.05) is 12.1 Å². The van der Waals surface area contributed by atoms with Crippen LogP contribution < -0.4 is 9.54 Å². The van der Waals surface area contributed by atoms with Crippen LogP contribution in [0.3, 0.4) is 0 Å². The van der Waals surface area contributed by atoms with Crippen LogP contribution >= 0.6 is 11.3 Å². The molecule has 0 unspecified atom stereocenters. The molecule has 11 nitrogen and oxygen atoms in total. The zero-order valence-corrected chi connectivity index (χ0v) is 21.7. The number of nitrogens with zero attached hydrogens (tertiary/aromatic N) is 5. The minimum atomic E-state index is -3.97. The third kappa shape index (κ3) is 6.40. The minimum Gasteiger partial charge on any atom is -0.497 e. The maximum absolute atomic E-state index is 13.0. The molecule has 37 heavy (non-hydrogen) atoms. The first-order valence-corrected chi connectivity index (χ1v) is 13.2. The van der Waals surface area contributed by atoms with Gasteiger partial charge < -0.3 is 14.0 Å². The number of fused-ring (bicyclic) bond motifs is 1. The second-order valence-electron chi connectivity index (χ2n) is 7.54. The zero-order chi connectivity index (χ0) is 27.0. The molecule has 0 aliphatic heterocycles. The van der Waals surface area contributed by atoms with Crippen LogP contribution in [0.4, 0.5) is 0 Å². The van der Waals surface area contributed by atoms with Gasteiger partial charge in [-0.2, -0.15) is 19.8 Å². The smallest absolute Gasteiger partial charge is 0.325 e. The van der Waals surface area contributed by atoms with Gasteiger partial charge in [0.25, 0.3) is 5.91 Å². The standard InChI is InChI=1S/C24H23N5O6S2/c1-34-18-7-10-20-21(15-18)36-24(29(20)16-22(30)35-2)27-23(31)17-5-8-19(9-6-17)37(32,33)28(13-3-11-25)14-4-12-26/h5-10,15H,3-4,13-14,16H2,1-2H3. The maximum atomic E-state index is 13.0. The summed E-state index contributed by atoms with van der Waals surface area (Å²) in [5.41, 5.74) is 0.804. The van der Waals surface area contributed by atoms with Crippen molar-refractivity contribution in [3.05, 3.63) is 52.8 Å². The highest BCUT2D eigenvalue weighted by Gasteiger charge is 2.24. The molecule has 192 valence electrons. The molecule has 0 fully saturated rings. The lowest BCUT2D eigenvalue weighted by Gasteiger charge is -2.20. The maximum Gasteiger partial charge on any atom is 0.325 e. The van der Waals surface area contributed by atoms with Crippen LogP contribution in [0.5, 0.6) is 5.75 Å². The molecule has 0 N–H and O–H groups in total. The highest BCUT2D eigenvalue weighted by molar-refractivity contribution is 7.89. The summed E-state index contributed by atoms with van der Waals surface area (Å²) in [6, 6.07) is 14.3. The molecule has 0 spiro atoms. The van der Waals surface area contributed by atoms with Gasteiger partial charge in [-0.3, -0.25) is 9.59 Å². The summed E-state index contributed by atoms with van der Waals surface area (Å²) in [6.07, 6.45) is -0.0422. The number of sulfonamides is 1. The Morgan fingerprint density at radius 1 is 1.05 bits per heavy atom. The van der Waals surface area contributed by atoms with E-state index in [-0.39, 0.29) is 47.7 Å². The van der Waals surface area contributed by atoms with Crippen molar-refractivity contribution in [1.29, 1.82) is 10.5 Å². The molecular formula is C24H23N5O6S2. The highest BCUT2D eigenvalue weighted by atomic mass is 32.2. The van der Waals surface area contributed by atoms with E-state index >= 15 is 0 Å². The fourth-order valence-electron chi connectivity index (χ4n) is 3.38. The van der Waals surface area contributed by atoms with Crippen molar-refractivity contribution in [3.63, 3.8) is 0 Å². The van der Waals surface area contributed by atoms with Crippen molar-refractivity contribution in [2.45, 2.75) is 24.3 Å². The van der Waals surface area contributed by atoms with Gasteiger partial charge in [0.05, 0.1) is 41.5 Å². The van der Waals surface area contributed by atoms with Crippen LogP contribution in [0.1, 0.15) is 23.2 Å². The van der Waals surface area contributed by atoms with E-state index in [0.29, 0.717) is 11.3 Å². The average Bonchev–Trinajstić information content (AvgIpc) is 3.23. The van der Waals surface area contributed by atoms with Gasteiger partial charge in [-0.25, -0.2) is 8.42 Å². The number of carbonyl (C=O) groups is 2. The van der Waals surface area contributed by atoms with Gasteiger partial charge in [-0.05, 0) is 42.5 Å². The normalized spacial score (nSPS) is 11.8. The third-order valence-corrected chi connectivity index (χ3v) is 8.24. The summed E-state index contributed by atoms with van der Waals surface area (Å²) in [4.78, 5) is 29.3. The lowest BCUT2D eigenvalue weighted by molar-refractivity contribution is -0.141. The number of hydrogen-bond donors (Lipinski definition) is 0. The summed E-state index contributed by atoms with van der Waals surface area (Å²) in [5.74, 6) is -0.546. The summed E-state index contributed by atoms with van der Waals surface area (Å²) < 4.78 is 39.4. The molecule has 3 aromatic rings. The first-order chi connectivity index (χ1) is 17.7. The predicted molar refractivity (Wildman–Crippen MR) is 134 cm³/mol. The van der Waals surface area contributed by atoms with E-state index in [0.717, 1.165) is 9.01 Å². The first-order valence-electron chi connectivity index (χ1n) is 10.9. The Hall–Kier alpha value is -4.04. The number of rotatable bonds is 10. The number of carbonyl (C=O) groups excluding carboxylic acids is 2. The van der Waals surface area contributed by atoms with Gasteiger partial charge in [-0.15, -0.1) is 0 Å². The zero-order valence-electron chi connectivity index (χ0n) is 20.1. The van der Waals surface area contributed by atoms with Crippen LogP contribution in [0.15, 0.2) is 52.4 Å². The van der Waals surface area contributed by atoms with Crippen LogP contribution in [0.2, 0.25) is 0 Å². The van der Waals surface area contributed by atoms with Crippen molar-refractivity contribution >= 4 is 43.5 Å². The summed E-state index contributed by atoms with van der Waals surface area (Å²) in [5, 5.41) is 17.7. The topological polar surface area (TPSA) is 155 Å². The molecule has 0 saturated carbocycles. The molecule has 1 aromatic heterocycles. The lowest BCUT2D eigenvalue weighted by atomic mass is 10.2. The molecule has 1 amide bonds. The van der Waals surface area contributed by atoms with E-state index in [9.17, 15) is 18.0 Å². The van der Waals surface area contributed by atoms with E-state index in [1.165, 1.54) is 49.8 Å². The number of ether oxygens (including phenoxy) is 2. The quantitative estimate of drug-likeness (QED) is 0.355. The molecule has 0 bridgehead atoms. The summed E-state index contributed by atoms with van der Waals surface area (Å²) >= 11 is 1.19. The molecule has 0 aliphatic rings. The number of nitriles is 2. The van der Waals surface area contributed by atoms with Crippen LogP contribution in [0.25, 0.3) is 10.2 Å². The highest BCUT2D eigenvalue weighted by Crippen LogP contribution is 2.23. The first kappa shape index (κ1) is 27.5. The number of amides is 1. The van der Waals surface area contributed by atoms with E-state index in [2.05, 4.69) is 4.99 Å². The van der Waals surface area contributed by atoms with Crippen LogP contribution in [-0.4, -0.2) is 56.5 Å². The van der Waals surface area contributed by atoms with Crippen molar-refractivity contribution in [2.75, 3.05) is 27.3 Å². The second kappa shape index (κ2) is 12.3. The molecule has 13 heteroatoms. The largest absolute Gasteiger partial charge is 0.497 e. The summed E-state index contributed by atoms with van der Waals surface area (Å²) in [6.45, 7) is -0.256. The van der Waals surface area contributed by atoms with Crippen LogP contribution in [0, 0.1) is 22.7 Å². The molecule has 1 heterocycles. The molecule has 0 saturated heterocycles. The molecule has 0 atom stereocenters. The SMILES string of the molecule is COC(=O)Cn1c(=NC(=O)c2ccc(S(=O)(=O)N(CCC#N)CCC#N)cc2)sc2cc(OC)ccc21. The minimum absolute atomic E-state index is 0.0211. The number of thiazole rings is 1. The summed E-state index contributed by atoms with van der Waals surface area (Å²) in [7, 11) is -1.18. The Morgan fingerprint density at radius 2 is 1.70 bits per heavy atom. The van der Waals surface area contributed by atoms with Crippen molar-refractivity contribution < 1.29 is 27.5 Å². The predicted octanol–water partition coefficient (Wildman–Crippen LogP) is 2.44. The molecule has 0 radical (unpaired) electrons. The van der Waals surface area contributed by atoms with Gasteiger partial charge in [-0.1, -0.05) is 11.3 Å². The fraction of sp³-hybridized carbons (Fsp3) is 0.292. The molecule has 3 rings (SSSR count). The Kier molecular flexibility index (Phi) is 9.14. The Bertz CT molecular complexity index is 1540. The second-order valence-corrected chi connectivity index (χ2v) is 10.5. The van der Waals surface area contributed by atoms with Crippen LogP contribution in [-0.2, 0) is 26.1 Å². The Morgan fingerprint density at radius 3 is 2.27 bits per heavy atom. The lowest BCUT2D eigenvalue weighted by Crippen LogP contribution is -2.32. The number of esters is 1. The van der Waals surface area contributed by atoms with Crippen molar-refractivity contribution in [2.24, 2.45) is 4.99 Å². The monoisotopic (exact) mass is 541 g/mol. The Balaban J connectivity index is 1.96. The van der Waals surface area contributed by atoms with Gasteiger partial charge in [0.1, 0.15) is 12.3 Å². The molecule has 0 aliphatic carbocycles. The number of hydrogen-bond acceptors (Lipinski definition) is 9.